The van der Waals surface area contributed by atoms with Crippen molar-refractivity contribution >= 4 is 5.82 Å². The molecule has 0 bridgehead atoms. The minimum atomic E-state index is -0.414. The Labute approximate surface area is 142 Å². The summed E-state index contributed by atoms with van der Waals surface area (Å²) in [6.45, 7) is 9.04. The van der Waals surface area contributed by atoms with Crippen molar-refractivity contribution < 1.29 is 9.47 Å². The smallest absolute Gasteiger partial charge is 0.234 e. The molecular formula is C17H25N5O2. The summed E-state index contributed by atoms with van der Waals surface area (Å²) < 4.78 is 13.5. The largest absolute Gasteiger partial charge is 0.476 e. The third-order valence-electron chi connectivity index (χ3n) is 4.08. The molecule has 3 rings (SSSR count). The lowest BCUT2D eigenvalue weighted by molar-refractivity contribution is -0.0468. The molecule has 1 aliphatic heterocycles. The minimum Gasteiger partial charge on any atom is -0.476 e. The maximum absolute atomic E-state index is 6.05. The molecule has 0 aliphatic carbocycles. The lowest BCUT2D eigenvalue weighted by Gasteiger charge is -2.40. The van der Waals surface area contributed by atoms with Crippen LogP contribution in [-0.2, 0) is 17.4 Å². The molecule has 2 aromatic rings. The van der Waals surface area contributed by atoms with Crippen LogP contribution in [0.1, 0.15) is 26.3 Å². The summed E-state index contributed by atoms with van der Waals surface area (Å²) in [4.78, 5) is 11.1. The van der Waals surface area contributed by atoms with E-state index in [4.69, 9.17) is 9.47 Å². The van der Waals surface area contributed by atoms with E-state index < -0.39 is 5.60 Å². The first-order valence-corrected chi connectivity index (χ1v) is 8.29. The molecular weight excluding hydrogens is 306 g/mol. The molecule has 1 unspecified atom stereocenters. The lowest BCUT2D eigenvalue weighted by Crippen LogP contribution is -2.48. The Morgan fingerprint density at radius 3 is 2.88 bits per heavy atom. The van der Waals surface area contributed by atoms with E-state index in [1.54, 1.807) is 17.1 Å². The molecule has 7 heteroatoms. The fourth-order valence-electron chi connectivity index (χ4n) is 2.75. The molecule has 0 amide bonds. The van der Waals surface area contributed by atoms with Gasteiger partial charge in [0.25, 0.3) is 0 Å². The van der Waals surface area contributed by atoms with Crippen LogP contribution in [0.3, 0.4) is 0 Å². The molecule has 1 aliphatic rings. The van der Waals surface area contributed by atoms with Gasteiger partial charge in [-0.2, -0.15) is 10.1 Å². The Bertz CT molecular complexity index is 687. The Balaban J connectivity index is 1.76. The molecule has 24 heavy (non-hydrogen) atoms. The number of aryl methyl sites for hydroxylation is 1. The number of morpholine rings is 1. The third kappa shape index (κ3) is 3.67. The van der Waals surface area contributed by atoms with Crippen LogP contribution in [0, 0.1) is 5.92 Å². The van der Waals surface area contributed by atoms with Gasteiger partial charge in [-0.25, -0.2) is 0 Å². The maximum atomic E-state index is 6.05. The SMILES string of the molecule is CC(C)COc1cncc(N2CCOC(C)(c3cnn(C)c3)C2)n1. The first-order valence-electron chi connectivity index (χ1n) is 8.29. The van der Waals surface area contributed by atoms with E-state index in [-0.39, 0.29) is 0 Å². The summed E-state index contributed by atoms with van der Waals surface area (Å²) in [6.07, 6.45) is 7.29. The number of aromatic nitrogens is 4. The van der Waals surface area contributed by atoms with E-state index in [0.29, 0.717) is 31.6 Å². The van der Waals surface area contributed by atoms with Crippen molar-refractivity contribution in [3.05, 3.63) is 30.4 Å². The molecule has 130 valence electrons. The maximum Gasteiger partial charge on any atom is 0.234 e. The van der Waals surface area contributed by atoms with Gasteiger partial charge in [-0.3, -0.25) is 9.67 Å². The van der Waals surface area contributed by atoms with Gasteiger partial charge in [0.05, 0.1) is 38.3 Å². The Morgan fingerprint density at radius 2 is 2.17 bits per heavy atom. The van der Waals surface area contributed by atoms with Crippen molar-refractivity contribution in [3.63, 3.8) is 0 Å². The van der Waals surface area contributed by atoms with Gasteiger partial charge in [-0.05, 0) is 12.8 Å². The number of nitrogens with zero attached hydrogens (tertiary/aromatic N) is 5. The van der Waals surface area contributed by atoms with Gasteiger partial charge in [0, 0.05) is 25.4 Å². The highest BCUT2D eigenvalue weighted by molar-refractivity contribution is 5.40. The van der Waals surface area contributed by atoms with Crippen LogP contribution in [0.25, 0.3) is 0 Å². The number of hydrogen-bond acceptors (Lipinski definition) is 6. The van der Waals surface area contributed by atoms with E-state index in [1.165, 1.54) is 0 Å². The van der Waals surface area contributed by atoms with Gasteiger partial charge >= 0.3 is 0 Å². The zero-order chi connectivity index (χ0) is 17.2. The zero-order valence-electron chi connectivity index (χ0n) is 14.8. The second kappa shape index (κ2) is 6.76. The Kier molecular flexibility index (Phi) is 4.71. The zero-order valence-corrected chi connectivity index (χ0v) is 14.8. The third-order valence-corrected chi connectivity index (χ3v) is 4.08. The Morgan fingerprint density at radius 1 is 1.33 bits per heavy atom. The quantitative estimate of drug-likeness (QED) is 0.835. The molecule has 0 radical (unpaired) electrons. The lowest BCUT2D eigenvalue weighted by atomic mass is 9.97. The first kappa shape index (κ1) is 16.7. The van der Waals surface area contributed by atoms with Crippen molar-refractivity contribution in [3.8, 4) is 5.88 Å². The fraction of sp³-hybridized carbons (Fsp3) is 0.588. The number of rotatable bonds is 5. The minimum absolute atomic E-state index is 0.414. The van der Waals surface area contributed by atoms with Crippen LogP contribution < -0.4 is 9.64 Å². The van der Waals surface area contributed by atoms with E-state index >= 15 is 0 Å². The summed E-state index contributed by atoms with van der Waals surface area (Å²) in [6, 6.07) is 0. The summed E-state index contributed by atoms with van der Waals surface area (Å²) in [7, 11) is 1.91. The van der Waals surface area contributed by atoms with Gasteiger partial charge < -0.3 is 14.4 Å². The van der Waals surface area contributed by atoms with Crippen LogP contribution >= 0.6 is 0 Å². The molecule has 1 saturated heterocycles. The molecule has 7 nitrogen and oxygen atoms in total. The van der Waals surface area contributed by atoms with E-state index in [2.05, 4.69) is 40.7 Å². The highest BCUT2D eigenvalue weighted by Crippen LogP contribution is 2.31. The van der Waals surface area contributed by atoms with Crippen LogP contribution in [-0.4, -0.2) is 46.1 Å². The number of ether oxygens (including phenoxy) is 2. The summed E-state index contributed by atoms with van der Waals surface area (Å²) in [5, 5.41) is 4.26. The fourth-order valence-corrected chi connectivity index (χ4v) is 2.75. The summed E-state index contributed by atoms with van der Waals surface area (Å²) >= 11 is 0. The van der Waals surface area contributed by atoms with E-state index in [9.17, 15) is 0 Å². The number of hydrogen-bond donors (Lipinski definition) is 0. The van der Waals surface area contributed by atoms with Gasteiger partial charge in [0.1, 0.15) is 5.60 Å². The van der Waals surface area contributed by atoms with Crippen molar-refractivity contribution in [1.29, 1.82) is 0 Å². The molecule has 0 spiro atoms. The summed E-state index contributed by atoms with van der Waals surface area (Å²) in [5.74, 6) is 1.83. The van der Waals surface area contributed by atoms with Crippen LogP contribution in [0.2, 0.25) is 0 Å². The molecule has 3 heterocycles. The number of anilines is 1. The van der Waals surface area contributed by atoms with Crippen LogP contribution in [0.15, 0.2) is 24.8 Å². The standard InChI is InChI=1S/C17H25N5O2/c1-13(2)11-23-16-9-18-8-15(20-16)22-5-6-24-17(3,12-22)14-7-19-21(4)10-14/h7-10,13H,5-6,11-12H2,1-4H3. The van der Waals surface area contributed by atoms with Crippen molar-refractivity contribution in [2.24, 2.45) is 13.0 Å². The van der Waals surface area contributed by atoms with Crippen LogP contribution in [0.5, 0.6) is 5.88 Å². The normalized spacial score (nSPS) is 21.3. The van der Waals surface area contributed by atoms with E-state index in [1.807, 2.05) is 19.4 Å². The second-order valence-electron chi connectivity index (χ2n) is 6.82. The average molecular weight is 331 g/mol. The van der Waals surface area contributed by atoms with Gasteiger partial charge in [0.15, 0.2) is 5.82 Å². The predicted octanol–water partition coefficient (Wildman–Crippen LogP) is 2.00. The van der Waals surface area contributed by atoms with Crippen LogP contribution in [0.4, 0.5) is 5.82 Å². The highest BCUT2D eigenvalue weighted by atomic mass is 16.5. The molecule has 0 saturated carbocycles. The van der Waals surface area contributed by atoms with Gasteiger partial charge in [0.2, 0.25) is 5.88 Å². The monoisotopic (exact) mass is 331 g/mol. The molecule has 0 N–H and O–H groups in total. The molecule has 2 aromatic heterocycles. The Hall–Kier alpha value is -2.15. The van der Waals surface area contributed by atoms with Gasteiger partial charge in [-0.15, -0.1) is 0 Å². The highest BCUT2D eigenvalue weighted by Gasteiger charge is 2.35. The predicted molar refractivity (Wildman–Crippen MR) is 91.1 cm³/mol. The molecule has 1 atom stereocenters. The van der Waals surface area contributed by atoms with Crippen molar-refractivity contribution in [2.75, 3.05) is 31.2 Å². The van der Waals surface area contributed by atoms with Crippen molar-refractivity contribution in [1.82, 2.24) is 19.7 Å². The topological polar surface area (TPSA) is 65.3 Å². The average Bonchev–Trinajstić information content (AvgIpc) is 3.01. The van der Waals surface area contributed by atoms with E-state index in [0.717, 1.165) is 17.9 Å². The molecule has 1 fully saturated rings. The first-order chi connectivity index (χ1) is 11.5. The molecule has 0 aromatic carbocycles. The second-order valence-corrected chi connectivity index (χ2v) is 6.82. The van der Waals surface area contributed by atoms with Crippen molar-refractivity contribution in [2.45, 2.75) is 26.4 Å². The van der Waals surface area contributed by atoms with Gasteiger partial charge in [-0.1, -0.05) is 13.8 Å². The summed E-state index contributed by atoms with van der Waals surface area (Å²) in [5.41, 5.74) is 0.651.